The van der Waals surface area contributed by atoms with Gasteiger partial charge in [-0.15, -0.1) is 0 Å². The maximum atomic E-state index is 12.2. The Labute approximate surface area is 123 Å². The van der Waals surface area contributed by atoms with Crippen LogP contribution < -0.4 is 14.8 Å². The summed E-state index contributed by atoms with van der Waals surface area (Å²) in [5.74, 6) is 1.08. The van der Waals surface area contributed by atoms with Gasteiger partial charge in [-0.3, -0.25) is 4.79 Å². The van der Waals surface area contributed by atoms with E-state index < -0.39 is 0 Å². The van der Waals surface area contributed by atoms with E-state index in [2.05, 4.69) is 5.32 Å². The number of rotatable bonds is 3. The van der Waals surface area contributed by atoms with Crippen LogP contribution in [0.25, 0.3) is 11.6 Å². The molecule has 3 rings (SSSR count). The molecule has 1 N–H and O–H groups in total. The fraction of sp³-hybridized carbons (Fsp3) is 0.118. The first-order chi connectivity index (χ1) is 10.2. The predicted octanol–water partition coefficient (Wildman–Crippen LogP) is 3.20. The summed E-state index contributed by atoms with van der Waals surface area (Å²) in [6.45, 7) is 0. The van der Waals surface area contributed by atoms with Crippen molar-refractivity contribution < 1.29 is 14.3 Å². The topological polar surface area (TPSA) is 47.6 Å². The number of anilines is 1. The van der Waals surface area contributed by atoms with Crippen LogP contribution in [0.15, 0.2) is 42.5 Å². The second-order valence-electron chi connectivity index (χ2n) is 4.68. The molecule has 0 radical (unpaired) electrons. The van der Waals surface area contributed by atoms with Crippen LogP contribution in [0.2, 0.25) is 0 Å². The van der Waals surface area contributed by atoms with Crippen LogP contribution >= 0.6 is 0 Å². The molecule has 2 aromatic rings. The van der Waals surface area contributed by atoms with E-state index in [1.165, 1.54) is 0 Å². The minimum atomic E-state index is -0.121. The van der Waals surface area contributed by atoms with Gasteiger partial charge < -0.3 is 14.8 Å². The van der Waals surface area contributed by atoms with Crippen LogP contribution in [-0.2, 0) is 4.79 Å². The SMILES string of the molecule is COc1cc2c(cc1OC)/C(=C\c1ccccc1)C(=O)N2. The summed E-state index contributed by atoms with van der Waals surface area (Å²) in [4.78, 5) is 12.2. The third kappa shape index (κ3) is 2.36. The summed E-state index contributed by atoms with van der Waals surface area (Å²) < 4.78 is 10.6. The number of nitrogens with one attached hydrogen (secondary N) is 1. The van der Waals surface area contributed by atoms with Crippen LogP contribution in [0.5, 0.6) is 11.5 Å². The van der Waals surface area contributed by atoms with Crippen molar-refractivity contribution in [2.75, 3.05) is 19.5 Å². The Balaban J connectivity index is 2.11. The smallest absolute Gasteiger partial charge is 0.256 e. The number of hydrogen-bond donors (Lipinski definition) is 1. The molecule has 4 nitrogen and oxygen atoms in total. The lowest BCUT2D eigenvalue weighted by molar-refractivity contribution is -0.110. The standard InChI is InChI=1S/C17H15NO3/c1-20-15-9-12-13(8-11-6-4-3-5-7-11)17(19)18-14(12)10-16(15)21-2/h3-10H,1-2H3,(H,18,19)/b13-8+. The monoisotopic (exact) mass is 281 g/mol. The Hall–Kier alpha value is -2.75. The van der Waals surface area contributed by atoms with Crippen molar-refractivity contribution in [2.45, 2.75) is 0 Å². The third-order valence-electron chi connectivity index (χ3n) is 3.42. The van der Waals surface area contributed by atoms with E-state index in [-0.39, 0.29) is 5.91 Å². The Kier molecular flexibility index (Phi) is 3.36. The van der Waals surface area contributed by atoms with E-state index in [0.717, 1.165) is 16.8 Å². The van der Waals surface area contributed by atoms with Crippen molar-refractivity contribution in [3.63, 3.8) is 0 Å². The van der Waals surface area contributed by atoms with Gasteiger partial charge in [-0.05, 0) is 17.7 Å². The number of carbonyl (C=O) groups excluding carboxylic acids is 1. The first-order valence-corrected chi connectivity index (χ1v) is 6.57. The fourth-order valence-corrected chi connectivity index (χ4v) is 2.38. The molecule has 1 amide bonds. The number of hydrogen-bond acceptors (Lipinski definition) is 3. The van der Waals surface area contributed by atoms with Crippen LogP contribution in [0.4, 0.5) is 5.69 Å². The predicted molar refractivity (Wildman–Crippen MR) is 82.5 cm³/mol. The first-order valence-electron chi connectivity index (χ1n) is 6.57. The summed E-state index contributed by atoms with van der Waals surface area (Å²) in [5.41, 5.74) is 3.16. The van der Waals surface area contributed by atoms with E-state index in [0.29, 0.717) is 17.1 Å². The van der Waals surface area contributed by atoms with Crippen molar-refractivity contribution in [3.05, 3.63) is 53.6 Å². The summed E-state index contributed by atoms with van der Waals surface area (Å²) in [5, 5.41) is 2.85. The third-order valence-corrected chi connectivity index (χ3v) is 3.42. The lowest BCUT2D eigenvalue weighted by Crippen LogP contribution is -2.03. The molecule has 2 aromatic carbocycles. The van der Waals surface area contributed by atoms with Crippen LogP contribution in [0.3, 0.4) is 0 Å². The van der Waals surface area contributed by atoms with E-state index in [1.807, 2.05) is 42.5 Å². The van der Waals surface area contributed by atoms with Gasteiger partial charge in [0.2, 0.25) is 0 Å². The average Bonchev–Trinajstić information content (AvgIpc) is 2.82. The lowest BCUT2D eigenvalue weighted by Gasteiger charge is -2.09. The zero-order valence-electron chi connectivity index (χ0n) is 11.8. The number of methoxy groups -OCH3 is 2. The van der Waals surface area contributed by atoms with Gasteiger partial charge in [0.1, 0.15) is 0 Å². The number of ether oxygens (including phenoxy) is 2. The normalized spacial score (nSPS) is 14.8. The largest absolute Gasteiger partial charge is 0.493 e. The van der Waals surface area contributed by atoms with E-state index in [9.17, 15) is 4.79 Å². The first kappa shape index (κ1) is 13.2. The highest BCUT2D eigenvalue weighted by Crippen LogP contribution is 2.41. The fourth-order valence-electron chi connectivity index (χ4n) is 2.38. The van der Waals surface area contributed by atoms with Gasteiger partial charge in [0.05, 0.1) is 19.9 Å². The second-order valence-corrected chi connectivity index (χ2v) is 4.68. The molecule has 0 unspecified atom stereocenters. The molecule has 106 valence electrons. The summed E-state index contributed by atoms with van der Waals surface area (Å²) in [6, 6.07) is 13.3. The van der Waals surface area contributed by atoms with E-state index >= 15 is 0 Å². The molecule has 4 heteroatoms. The van der Waals surface area contributed by atoms with Gasteiger partial charge in [-0.2, -0.15) is 0 Å². The zero-order chi connectivity index (χ0) is 14.8. The van der Waals surface area contributed by atoms with Crippen LogP contribution in [-0.4, -0.2) is 20.1 Å². The number of benzene rings is 2. The molecule has 0 aliphatic carbocycles. The van der Waals surface area contributed by atoms with Crippen molar-refractivity contribution in [2.24, 2.45) is 0 Å². The molecule has 0 bridgehead atoms. The van der Waals surface area contributed by atoms with E-state index in [4.69, 9.17) is 9.47 Å². The van der Waals surface area contributed by atoms with Crippen LogP contribution in [0.1, 0.15) is 11.1 Å². The van der Waals surface area contributed by atoms with E-state index in [1.54, 1.807) is 20.3 Å². The molecular formula is C17H15NO3. The van der Waals surface area contributed by atoms with Gasteiger partial charge in [0, 0.05) is 17.2 Å². The maximum absolute atomic E-state index is 12.2. The molecule has 1 aliphatic rings. The Bertz CT molecular complexity index is 720. The van der Waals surface area contributed by atoms with Crippen molar-refractivity contribution >= 4 is 23.2 Å². The molecule has 0 aromatic heterocycles. The van der Waals surface area contributed by atoms with Gasteiger partial charge >= 0.3 is 0 Å². The van der Waals surface area contributed by atoms with Crippen molar-refractivity contribution in [1.82, 2.24) is 0 Å². The Morgan fingerprint density at radius 3 is 2.33 bits per heavy atom. The molecule has 0 saturated heterocycles. The van der Waals surface area contributed by atoms with Gasteiger partial charge in [0.15, 0.2) is 11.5 Å². The van der Waals surface area contributed by atoms with Gasteiger partial charge in [-0.25, -0.2) is 0 Å². The quantitative estimate of drug-likeness (QED) is 0.879. The second kappa shape index (κ2) is 5.32. The molecule has 1 aliphatic heterocycles. The molecule has 0 spiro atoms. The molecular weight excluding hydrogens is 266 g/mol. The average molecular weight is 281 g/mol. The van der Waals surface area contributed by atoms with Crippen LogP contribution in [0, 0.1) is 0 Å². The Morgan fingerprint density at radius 2 is 1.67 bits per heavy atom. The minimum absolute atomic E-state index is 0.121. The molecule has 0 atom stereocenters. The number of carbonyl (C=O) groups is 1. The van der Waals surface area contributed by atoms with Gasteiger partial charge in [0.25, 0.3) is 5.91 Å². The molecule has 21 heavy (non-hydrogen) atoms. The highest BCUT2D eigenvalue weighted by atomic mass is 16.5. The summed E-state index contributed by atoms with van der Waals surface area (Å²) in [6.07, 6.45) is 1.87. The molecule has 0 saturated carbocycles. The number of fused-ring (bicyclic) bond motifs is 1. The highest BCUT2D eigenvalue weighted by molar-refractivity contribution is 6.35. The highest BCUT2D eigenvalue weighted by Gasteiger charge is 2.26. The summed E-state index contributed by atoms with van der Waals surface area (Å²) in [7, 11) is 3.15. The zero-order valence-corrected chi connectivity index (χ0v) is 11.8. The molecule has 1 heterocycles. The minimum Gasteiger partial charge on any atom is -0.493 e. The lowest BCUT2D eigenvalue weighted by atomic mass is 10.0. The number of amides is 1. The van der Waals surface area contributed by atoms with Crippen molar-refractivity contribution in [3.8, 4) is 11.5 Å². The maximum Gasteiger partial charge on any atom is 0.256 e. The Morgan fingerprint density at radius 1 is 1.00 bits per heavy atom. The van der Waals surface area contributed by atoms with Crippen molar-refractivity contribution in [1.29, 1.82) is 0 Å². The summed E-state index contributed by atoms with van der Waals surface area (Å²) >= 11 is 0. The van der Waals surface area contributed by atoms with Gasteiger partial charge in [-0.1, -0.05) is 30.3 Å². The molecule has 0 fully saturated rings.